The average molecular weight is 313 g/mol. The molecule has 0 saturated carbocycles. The van der Waals surface area contributed by atoms with Crippen molar-refractivity contribution in [3.8, 4) is 0 Å². The second-order valence-electron chi connectivity index (χ2n) is 5.11. The number of hydrogen-bond acceptors (Lipinski definition) is 3. The van der Waals surface area contributed by atoms with E-state index in [-0.39, 0.29) is 24.2 Å². The van der Waals surface area contributed by atoms with Crippen molar-refractivity contribution in [2.75, 3.05) is 12.0 Å². The molecule has 3 unspecified atom stereocenters. The van der Waals surface area contributed by atoms with Crippen molar-refractivity contribution in [1.29, 1.82) is 0 Å². The van der Waals surface area contributed by atoms with Crippen molar-refractivity contribution < 1.29 is 4.79 Å². The van der Waals surface area contributed by atoms with Gasteiger partial charge in [-0.15, -0.1) is 0 Å². The molecule has 1 heterocycles. The maximum absolute atomic E-state index is 12.5. The Bertz CT molecular complexity index is 483. The Morgan fingerprint density at radius 1 is 1.50 bits per heavy atom. The van der Waals surface area contributed by atoms with E-state index in [1.165, 1.54) is 0 Å². The molecule has 1 saturated heterocycles. The Labute approximate surface area is 130 Å². The summed E-state index contributed by atoms with van der Waals surface area (Å²) in [5, 5.41) is 4.08. The Morgan fingerprint density at radius 2 is 2.25 bits per heavy atom. The lowest BCUT2D eigenvalue weighted by Gasteiger charge is -2.32. The minimum atomic E-state index is -0.144. The van der Waals surface area contributed by atoms with E-state index in [4.69, 9.17) is 11.6 Å². The summed E-state index contributed by atoms with van der Waals surface area (Å²) in [7, 11) is 0. The Morgan fingerprint density at radius 3 is 2.85 bits per heavy atom. The van der Waals surface area contributed by atoms with Crippen molar-refractivity contribution in [3.63, 3.8) is 0 Å². The molecule has 5 heteroatoms. The van der Waals surface area contributed by atoms with Gasteiger partial charge in [-0.05, 0) is 37.3 Å². The molecule has 3 atom stereocenters. The van der Waals surface area contributed by atoms with Crippen LogP contribution in [0.5, 0.6) is 0 Å². The molecule has 20 heavy (non-hydrogen) atoms. The van der Waals surface area contributed by atoms with Crippen LogP contribution in [0.15, 0.2) is 24.3 Å². The summed E-state index contributed by atoms with van der Waals surface area (Å²) in [5.41, 5.74) is 1.05. The fourth-order valence-electron chi connectivity index (χ4n) is 2.65. The molecule has 1 amide bonds. The lowest BCUT2D eigenvalue weighted by Crippen LogP contribution is -2.41. The predicted octanol–water partition coefficient (Wildman–Crippen LogP) is 3.30. The van der Waals surface area contributed by atoms with Crippen LogP contribution in [0.4, 0.5) is 0 Å². The van der Waals surface area contributed by atoms with Crippen LogP contribution in [0.3, 0.4) is 0 Å². The minimum absolute atomic E-state index is 0.0756. The van der Waals surface area contributed by atoms with Crippen molar-refractivity contribution in [3.05, 3.63) is 34.9 Å². The van der Waals surface area contributed by atoms with E-state index >= 15 is 0 Å². The van der Waals surface area contributed by atoms with E-state index in [9.17, 15) is 4.79 Å². The molecule has 1 N–H and O–H groups in total. The molecule has 110 valence electrons. The molecule has 0 spiro atoms. The van der Waals surface area contributed by atoms with Crippen LogP contribution >= 0.6 is 23.4 Å². The van der Waals surface area contributed by atoms with Crippen LogP contribution in [0.2, 0.25) is 5.02 Å². The summed E-state index contributed by atoms with van der Waals surface area (Å²) in [5.74, 6) is 1.13. The maximum Gasteiger partial charge on any atom is 0.241 e. The third kappa shape index (κ3) is 3.13. The highest BCUT2D eigenvalue weighted by Gasteiger charge is 2.40. The van der Waals surface area contributed by atoms with Gasteiger partial charge in [-0.25, -0.2) is 0 Å². The molecule has 1 aliphatic heterocycles. The number of thioether (sulfide) groups is 1. The predicted molar refractivity (Wildman–Crippen MR) is 86.1 cm³/mol. The smallest absolute Gasteiger partial charge is 0.241 e. The highest BCUT2D eigenvalue weighted by molar-refractivity contribution is 7.98. The highest BCUT2D eigenvalue weighted by Crippen LogP contribution is 2.30. The summed E-state index contributed by atoms with van der Waals surface area (Å²) in [6.07, 6.45) is 2.96. The molecular formula is C15H21ClN2OS. The third-order valence-corrected chi connectivity index (χ3v) is 4.65. The molecule has 0 aromatic heterocycles. The highest BCUT2D eigenvalue weighted by atomic mass is 35.5. The summed E-state index contributed by atoms with van der Waals surface area (Å²) in [6.45, 7) is 4.05. The van der Waals surface area contributed by atoms with Gasteiger partial charge in [0.2, 0.25) is 5.91 Å². The number of carbonyl (C=O) groups is 1. The fourth-order valence-corrected chi connectivity index (χ4v) is 3.63. The lowest BCUT2D eigenvalue weighted by molar-refractivity contribution is -0.131. The zero-order valence-electron chi connectivity index (χ0n) is 12.1. The molecule has 2 rings (SSSR count). The van der Waals surface area contributed by atoms with Crippen LogP contribution in [-0.4, -0.2) is 34.9 Å². The summed E-state index contributed by atoms with van der Waals surface area (Å²) < 4.78 is 0. The first-order valence-corrected chi connectivity index (χ1v) is 8.68. The van der Waals surface area contributed by atoms with E-state index < -0.39 is 0 Å². The van der Waals surface area contributed by atoms with Crippen LogP contribution in [0.25, 0.3) is 0 Å². The topological polar surface area (TPSA) is 32.3 Å². The van der Waals surface area contributed by atoms with E-state index in [0.29, 0.717) is 5.02 Å². The molecule has 1 aromatic carbocycles. The van der Waals surface area contributed by atoms with Gasteiger partial charge in [-0.2, -0.15) is 11.8 Å². The van der Waals surface area contributed by atoms with Gasteiger partial charge in [0, 0.05) is 16.8 Å². The first-order chi connectivity index (χ1) is 9.58. The number of nitrogens with one attached hydrogen (secondary N) is 1. The average Bonchev–Trinajstić information content (AvgIpc) is 2.73. The van der Waals surface area contributed by atoms with Crippen molar-refractivity contribution in [2.45, 2.75) is 38.5 Å². The Balaban J connectivity index is 2.32. The van der Waals surface area contributed by atoms with Crippen LogP contribution < -0.4 is 5.32 Å². The van der Waals surface area contributed by atoms with Crippen molar-refractivity contribution in [1.82, 2.24) is 10.2 Å². The quantitative estimate of drug-likeness (QED) is 0.905. The van der Waals surface area contributed by atoms with Gasteiger partial charge in [0.15, 0.2) is 0 Å². The minimum Gasteiger partial charge on any atom is -0.318 e. The molecule has 0 radical (unpaired) electrons. The summed E-state index contributed by atoms with van der Waals surface area (Å²) in [6, 6.07) is 7.85. The van der Waals surface area contributed by atoms with E-state index in [2.05, 4.69) is 18.5 Å². The van der Waals surface area contributed by atoms with Crippen LogP contribution in [-0.2, 0) is 4.79 Å². The van der Waals surface area contributed by atoms with E-state index in [0.717, 1.165) is 17.7 Å². The normalized spacial score (nSPS) is 24.2. The molecule has 1 aromatic rings. The number of carbonyl (C=O) groups excluding carboxylic acids is 1. The second-order valence-corrected chi connectivity index (χ2v) is 6.46. The van der Waals surface area contributed by atoms with Gasteiger partial charge < -0.3 is 4.90 Å². The molecule has 3 nitrogen and oxygen atoms in total. The maximum atomic E-state index is 12.5. The number of amides is 1. The van der Waals surface area contributed by atoms with Gasteiger partial charge in [0.25, 0.3) is 0 Å². The number of rotatable bonds is 5. The van der Waals surface area contributed by atoms with Crippen LogP contribution in [0, 0.1) is 0 Å². The number of halogens is 1. The molecule has 0 aliphatic carbocycles. The van der Waals surface area contributed by atoms with Gasteiger partial charge in [0.1, 0.15) is 6.17 Å². The van der Waals surface area contributed by atoms with E-state index in [1.807, 2.05) is 36.1 Å². The summed E-state index contributed by atoms with van der Waals surface area (Å²) in [4.78, 5) is 14.5. The SMILES string of the molecule is CCC(CSC)N1C(=O)C(C)NC1c1cccc(Cl)c1. The molecule has 1 fully saturated rings. The van der Waals surface area contributed by atoms with Gasteiger partial charge in [-0.3, -0.25) is 10.1 Å². The van der Waals surface area contributed by atoms with Gasteiger partial charge in [-0.1, -0.05) is 30.7 Å². The third-order valence-electron chi connectivity index (χ3n) is 3.70. The fraction of sp³-hybridized carbons (Fsp3) is 0.533. The number of nitrogens with zero attached hydrogens (tertiary/aromatic N) is 1. The molecule has 1 aliphatic rings. The monoisotopic (exact) mass is 312 g/mol. The second kappa shape index (κ2) is 6.83. The first-order valence-electron chi connectivity index (χ1n) is 6.91. The van der Waals surface area contributed by atoms with Gasteiger partial charge >= 0.3 is 0 Å². The van der Waals surface area contributed by atoms with Crippen molar-refractivity contribution >= 4 is 29.3 Å². The van der Waals surface area contributed by atoms with Crippen molar-refractivity contribution in [2.24, 2.45) is 0 Å². The van der Waals surface area contributed by atoms with E-state index in [1.54, 1.807) is 11.8 Å². The Hall–Kier alpha value is -0.710. The van der Waals surface area contributed by atoms with Gasteiger partial charge in [0.05, 0.1) is 6.04 Å². The summed E-state index contributed by atoms with van der Waals surface area (Å²) >= 11 is 7.86. The standard InChI is InChI=1S/C15H21ClN2OS/c1-4-13(9-20-3)18-14(17-10(2)15(18)19)11-6-5-7-12(16)8-11/h5-8,10,13-14,17H,4,9H2,1-3H3. The number of benzene rings is 1. The first kappa shape index (κ1) is 15.7. The Kier molecular flexibility index (Phi) is 5.35. The zero-order valence-corrected chi connectivity index (χ0v) is 13.7. The molecular weight excluding hydrogens is 292 g/mol. The largest absolute Gasteiger partial charge is 0.318 e. The number of hydrogen-bond donors (Lipinski definition) is 1. The lowest BCUT2D eigenvalue weighted by atomic mass is 10.1. The zero-order chi connectivity index (χ0) is 14.7. The van der Waals surface area contributed by atoms with Crippen LogP contribution in [0.1, 0.15) is 32.0 Å². The molecule has 0 bridgehead atoms.